The average Bonchev–Trinajstić information content (AvgIpc) is 3.04. The number of ether oxygens (including phenoxy) is 5. The molecular weight excluding hydrogens is 540 g/mol. The third-order valence-corrected chi connectivity index (χ3v) is 8.01. The number of carbonyl (C=O) groups excluding carboxylic acids is 2. The van der Waals surface area contributed by atoms with Crippen LogP contribution in [-0.4, -0.2) is 48.4 Å². The largest absolute Gasteiger partial charge is 0.452 e. The van der Waals surface area contributed by atoms with Crippen LogP contribution in [0.2, 0.25) is 0 Å². The highest BCUT2D eigenvalue weighted by Gasteiger charge is 2.54. The van der Waals surface area contributed by atoms with Gasteiger partial charge in [0.15, 0.2) is 18.5 Å². The molecular formula is C33H28O7S. The molecule has 0 unspecified atom stereocenters. The molecule has 2 aliphatic heterocycles. The van der Waals surface area contributed by atoms with E-state index in [1.165, 1.54) is 11.8 Å². The third kappa shape index (κ3) is 6.36. The molecule has 2 fully saturated rings. The predicted octanol–water partition coefficient (Wildman–Crippen LogP) is 6.07. The number of fused-ring (bicyclic) bond motifs is 1. The highest BCUT2D eigenvalue weighted by atomic mass is 32.2. The number of hydrogen-bond donors (Lipinski definition) is 0. The highest BCUT2D eigenvalue weighted by molar-refractivity contribution is 7.99. The van der Waals surface area contributed by atoms with Gasteiger partial charge in [0.05, 0.1) is 17.7 Å². The summed E-state index contributed by atoms with van der Waals surface area (Å²) in [5.74, 6) is -1.10. The van der Waals surface area contributed by atoms with E-state index in [1.54, 1.807) is 48.5 Å². The van der Waals surface area contributed by atoms with Gasteiger partial charge in [-0.05, 0) is 36.4 Å². The second-order valence-corrected chi connectivity index (χ2v) is 10.8. The third-order valence-electron chi connectivity index (χ3n) is 6.86. The molecule has 0 aromatic heterocycles. The molecule has 0 bridgehead atoms. The first-order valence-electron chi connectivity index (χ1n) is 13.4. The Morgan fingerprint density at radius 1 is 0.634 bits per heavy atom. The monoisotopic (exact) mass is 568 g/mol. The number of esters is 2. The van der Waals surface area contributed by atoms with Gasteiger partial charge in [0, 0.05) is 10.5 Å². The standard InChI is InChI=1S/C33H28O7S/c34-30(22-13-5-1-6-14-22)38-28-27-26(21-36-32(40-27)24-17-9-3-10-18-24)37-33(41-25-19-11-4-12-20-25)29(28)39-31(35)23-15-7-2-8-16-23/h1-20,26-29,32-33H,21H2/t26-,27+,28+,29-,32-,33+/m1/s1. The fraction of sp³-hybridized carbons (Fsp3) is 0.212. The van der Waals surface area contributed by atoms with Crippen LogP contribution in [0.15, 0.2) is 126 Å². The molecule has 4 aromatic carbocycles. The summed E-state index contributed by atoms with van der Waals surface area (Å²) in [5, 5.41) is 0. The van der Waals surface area contributed by atoms with Crippen molar-refractivity contribution in [3.63, 3.8) is 0 Å². The van der Waals surface area contributed by atoms with Crippen molar-refractivity contribution >= 4 is 23.7 Å². The van der Waals surface area contributed by atoms with Gasteiger partial charge in [-0.2, -0.15) is 0 Å². The molecule has 0 N–H and O–H groups in total. The summed E-state index contributed by atoms with van der Waals surface area (Å²) in [5.41, 5.74) is 0.863. The molecule has 2 heterocycles. The van der Waals surface area contributed by atoms with Gasteiger partial charge in [-0.25, -0.2) is 9.59 Å². The Morgan fingerprint density at radius 2 is 1.15 bits per heavy atom. The molecule has 6 rings (SSSR count). The second kappa shape index (κ2) is 12.7. The van der Waals surface area contributed by atoms with Crippen LogP contribution in [0.4, 0.5) is 0 Å². The smallest absolute Gasteiger partial charge is 0.338 e. The second-order valence-electron chi connectivity index (χ2n) is 9.62. The molecule has 7 nitrogen and oxygen atoms in total. The molecule has 6 atom stereocenters. The van der Waals surface area contributed by atoms with Crippen LogP contribution >= 0.6 is 11.8 Å². The fourth-order valence-corrected chi connectivity index (χ4v) is 5.97. The van der Waals surface area contributed by atoms with Gasteiger partial charge in [0.2, 0.25) is 0 Å². The summed E-state index contributed by atoms with van der Waals surface area (Å²) >= 11 is 1.39. The van der Waals surface area contributed by atoms with Gasteiger partial charge < -0.3 is 23.7 Å². The van der Waals surface area contributed by atoms with E-state index in [9.17, 15) is 9.59 Å². The molecule has 208 valence electrons. The van der Waals surface area contributed by atoms with E-state index in [1.807, 2.05) is 72.8 Å². The summed E-state index contributed by atoms with van der Waals surface area (Å²) in [6.45, 7) is 0.203. The number of rotatable bonds is 7. The van der Waals surface area contributed by atoms with Crippen molar-refractivity contribution in [2.24, 2.45) is 0 Å². The van der Waals surface area contributed by atoms with Crippen molar-refractivity contribution in [2.45, 2.75) is 41.0 Å². The Hall–Kier alpha value is -3.95. The summed E-state index contributed by atoms with van der Waals surface area (Å²) in [6, 6.07) is 36.6. The maximum absolute atomic E-state index is 13.4. The molecule has 0 amide bonds. The van der Waals surface area contributed by atoms with E-state index in [2.05, 4.69) is 0 Å². The Bertz CT molecular complexity index is 1440. The van der Waals surface area contributed by atoms with Crippen LogP contribution in [0, 0.1) is 0 Å². The van der Waals surface area contributed by atoms with E-state index < -0.39 is 48.1 Å². The number of benzene rings is 4. The van der Waals surface area contributed by atoms with E-state index in [0.29, 0.717) is 11.1 Å². The van der Waals surface area contributed by atoms with Crippen molar-refractivity contribution < 1.29 is 33.3 Å². The summed E-state index contributed by atoms with van der Waals surface area (Å²) < 4.78 is 31.2. The SMILES string of the molecule is O=C(O[C@H]1[C@H]2O[C@H](c3ccccc3)OC[C@H]2O[C@@H](Sc2ccccc2)[C@@H]1OC(=O)c1ccccc1)c1ccccc1. The van der Waals surface area contributed by atoms with Crippen LogP contribution in [0.25, 0.3) is 0 Å². The minimum atomic E-state index is -0.989. The number of carbonyl (C=O) groups is 2. The molecule has 2 aliphatic rings. The predicted molar refractivity (Wildman–Crippen MR) is 152 cm³/mol. The lowest BCUT2D eigenvalue weighted by Crippen LogP contribution is -2.63. The minimum absolute atomic E-state index is 0.203. The lowest BCUT2D eigenvalue weighted by molar-refractivity contribution is -0.317. The quantitative estimate of drug-likeness (QED) is 0.249. The van der Waals surface area contributed by atoms with Gasteiger partial charge in [-0.15, -0.1) is 0 Å². The van der Waals surface area contributed by atoms with E-state index in [0.717, 1.165) is 10.5 Å². The van der Waals surface area contributed by atoms with Crippen molar-refractivity contribution in [3.05, 3.63) is 138 Å². The van der Waals surface area contributed by atoms with Crippen LogP contribution in [0.3, 0.4) is 0 Å². The number of hydrogen-bond acceptors (Lipinski definition) is 8. The van der Waals surface area contributed by atoms with Gasteiger partial charge in [-0.3, -0.25) is 0 Å². The lowest BCUT2D eigenvalue weighted by atomic mass is 9.98. The van der Waals surface area contributed by atoms with Crippen LogP contribution in [-0.2, 0) is 23.7 Å². The Balaban J connectivity index is 1.36. The van der Waals surface area contributed by atoms with E-state index >= 15 is 0 Å². The molecule has 0 saturated carbocycles. The summed E-state index contributed by atoms with van der Waals surface area (Å²) in [7, 11) is 0. The van der Waals surface area contributed by atoms with Gasteiger partial charge in [-0.1, -0.05) is 96.7 Å². The summed E-state index contributed by atoms with van der Waals surface area (Å²) in [4.78, 5) is 27.7. The Labute approximate surface area is 242 Å². The molecule has 0 spiro atoms. The first-order chi connectivity index (χ1) is 20.2. The van der Waals surface area contributed by atoms with Crippen LogP contribution in [0.1, 0.15) is 32.6 Å². The highest BCUT2D eigenvalue weighted by Crippen LogP contribution is 2.41. The van der Waals surface area contributed by atoms with Crippen molar-refractivity contribution in [3.8, 4) is 0 Å². The molecule has 41 heavy (non-hydrogen) atoms. The topological polar surface area (TPSA) is 80.3 Å². The summed E-state index contributed by atoms with van der Waals surface area (Å²) in [6.07, 6.45) is -4.01. The molecule has 0 radical (unpaired) electrons. The lowest BCUT2D eigenvalue weighted by Gasteiger charge is -2.48. The minimum Gasteiger partial charge on any atom is -0.452 e. The van der Waals surface area contributed by atoms with Crippen molar-refractivity contribution in [2.75, 3.05) is 6.61 Å². The Kier molecular flexibility index (Phi) is 8.44. The zero-order valence-corrected chi connectivity index (χ0v) is 22.8. The molecule has 0 aliphatic carbocycles. The van der Waals surface area contributed by atoms with E-state index in [4.69, 9.17) is 23.7 Å². The average molecular weight is 569 g/mol. The maximum Gasteiger partial charge on any atom is 0.338 e. The van der Waals surface area contributed by atoms with Gasteiger partial charge >= 0.3 is 11.9 Å². The first kappa shape index (κ1) is 27.2. The van der Waals surface area contributed by atoms with Crippen molar-refractivity contribution in [1.82, 2.24) is 0 Å². The van der Waals surface area contributed by atoms with Crippen LogP contribution in [0.5, 0.6) is 0 Å². The van der Waals surface area contributed by atoms with Crippen molar-refractivity contribution in [1.29, 1.82) is 0 Å². The molecule has 4 aromatic rings. The zero-order valence-electron chi connectivity index (χ0n) is 22.0. The fourth-order valence-electron chi connectivity index (χ4n) is 4.85. The van der Waals surface area contributed by atoms with Crippen LogP contribution < -0.4 is 0 Å². The molecule has 2 saturated heterocycles. The normalized spacial score (nSPS) is 25.5. The molecule has 8 heteroatoms. The van der Waals surface area contributed by atoms with Gasteiger partial charge in [0.25, 0.3) is 0 Å². The van der Waals surface area contributed by atoms with E-state index in [-0.39, 0.29) is 6.61 Å². The first-order valence-corrected chi connectivity index (χ1v) is 14.2. The number of thioether (sulfide) groups is 1. The zero-order chi connectivity index (χ0) is 28.0. The Morgan fingerprint density at radius 3 is 1.73 bits per heavy atom. The van der Waals surface area contributed by atoms with Gasteiger partial charge in [0.1, 0.15) is 17.6 Å². The maximum atomic E-state index is 13.4.